The molecular weight excluding hydrogens is 278 g/mol. The molecule has 2 atom stereocenters. The van der Waals surface area contributed by atoms with E-state index < -0.39 is 0 Å². The van der Waals surface area contributed by atoms with Crippen LogP contribution in [0.25, 0.3) is 0 Å². The number of hydrogen-bond acceptors (Lipinski definition) is 0. The first-order chi connectivity index (χ1) is 6.99. The molecule has 0 aromatic heterocycles. The average Bonchev–Trinajstić information content (AvgIpc) is 2.08. The van der Waals surface area contributed by atoms with Gasteiger partial charge in [-0.15, -0.1) is 11.6 Å². The molecule has 1 rings (SSSR count). The van der Waals surface area contributed by atoms with Crippen molar-refractivity contribution in [2.24, 2.45) is 5.92 Å². The van der Waals surface area contributed by atoms with E-state index in [1.807, 2.05) is 13.0 Å². The Morgan fingerprint density at radius 3 is 2.60 bits per heavy atom. The van der Waals surface area contributed by atoms with E-state index >= 15 is 0 Å². The number of benzene rings is 1. The average molecular weight is 294 g/mol. The predicted octanol–water partition coefficient (Wildman–Crippen LogP) is 4.78. The van der Waals surface area contributed by atoms with Crippen molar-refractivity contribution in [2.75, 3.05) is 0 Å². The van der Waals surface area contributed by atoms with Crippen LogP contribution in [0.15, 0.2) is 22.7 Å². The van der Waals surface area contributed by atoms with Gasteiger partial charge in [0.25, 0.3) is 0 Å². The first kappa shape index (κ1) is 13.0. The van der Waals surface area contributed by atoms with Crippen LogP contribution in [0.1, 0.15) is 25.8 Å². The second-order valence-corrected chi connectivity index (χ2v) is 5.66. The van der Waals surface area contributed by atoms with E-state index in [2.05, 4.69) is 22.9 Å². The lowest BCUT2D eigenvalue weighted by Gasteiger charge is -2.13. The lowest BCUT2D eigenvalue weighted by Crippen LogP contribution is -2.06. The van der Waals surface area contributed by atoms with Crippen LogP contribution in [0.3, 0.4) is 0 Å². The molecule has 0 radical (unpaired) electrons. The molecule has 3 heteroatoms. The summed E-state index contributed by atoms with van der Waals surface area (Å²) < 4.78 is 13.7. The lowest BCUT2D eigenvalue weighted by atomic mass is 9.97. The molecule has 1 aromatic rings. The van der Waals surface area contributed by atoms with Gasteiger partial charge in [0.1, 0.15) is 5.82 Å². The molecule has 0 nitrogen and oxygen atoms in total. The van der Waals surface area contributed by atoms with Gasteiger partial charge in [-0.2, -0.15) is 0 Å². The lowest BCUT2D eigenvalue weighted by molar-refractivity contribution is 0.524. The normalized spacial score (nSPS) is 15.0. The van der Waals surface area contributed by atoms with Crippen LogP contribution in [-0.4, -0.2) is 5.38 Å². The molecule has 0 saturated heterocycles. The molecule has 1 aromatic carbocycles. The van der Waals surface area contributed by atoms with Gasteiger partial charge >= 0.3 is 0 Å². The highest BCUT2D eigenvalue weighted by molar-refractivity contribution is 9.10. The zero-order valence-electron chi connectivity index (χ0n) is 8.93. The molecule has 2 unspecified atom stereocenters. The summed E-state index contributed by atoms with van der Waals surface area (Å²) in [6, 6.07) is 4.83. The van der Waals surface area contributed by atoms with Crippen LogP contribution in [0, 0.1) is 11.7 Å². The van der Waals surface area contributed by atoms with Gasteiger partial charge in [-0.05, 0) is 43.4 Å². The quantitative estimate of drug-likeness (QED) is 0.701. The highest BCUT2D eigenvalue weighted by Crippen LogP contribution is 2.23. The van der Waals surface area contributed by atoms with Crippen LogP contribution >= 0.6 is 27.5 Å². The molecule has 0 aliphatic rings. The van der Waals surface area contributed by atoms with E-state index in [1.165, 1.54) is 12.1 Å². The molecule has 0 aliphatic heterocycles. The summed E-state index contributed by atoms with van der Waals surface area (Å²) in [4.78, 5) is 0. The third kappa shape index (κ3) is 4.52. The Kier molecular flexibility index (Phi) is 5.07. The van der Waals surface area contributed by atoms with Crippen molar-refractivity contribution in [2.45, 2.75) is 32.1 Å². The molecule has 84 valence electrons. The molecule has 0 fully saturated rings. The van der Waals surface area contributed by atoms with Crippen LogP contribution in [0.5, 0.6) is 0 Å². The molecule has 0 aliphatic carbocycles. The zero-order valence-corrected chi connectivity index (χ0v) is 11.3. The van der Waals surface area contributed by atoms with Crippen molar-refractivity contribution in [1.29, 1.82) is 0 Å². The Labute approximate surface area is 104 Å². The van der Waals surface area contributed by atoms with Crippen LogP contribution in [0.2, 0.25) is 0 Å². The molecule has 0 saturated carbocycles. The third-order valence-electron chi connectivity index (χ3n) is 2.31. The fraction of sp³-hybridized carbons (Fsp3) is 0.500. The summed E-state index contributed by atoms with van der Waals surface area (Å²) in [7, 11) is 0. The van der Waals surface area contributed by atoms with Gasteiger partial charge in [-0.1, -0.05) is 28.9 Å². The van der Waals surface area contributed by atoms with Crippen molar-refractivity contribution in [3.8, 4) is 0 Å². The SMILES string of the molecule is CC(Cl)CC(C)Cc1ccc(F)cc1Br. The van der Waals surface area contributed by atoms with E-state index in [-0.39, 0.29) is 11.2 Å². The second-order valence-electron chi connectivity index (χ2n) is 4.06. The molecule has 0 amide bonds. The van der Waals surface area contributed by atoms with E-state index in [0.717, 1.165) is 22.9 Å². The van der Waals surface area contributed by atoms with Crippen molar-refractivity contribution < 1.29 is 4.39 Å². The molecule has 0 N–H and O–H groups in total. The summed E-state index contributed by atoms with van der Waals surface area (Å²) in [6.07, 6.45) is 1.91. The fourth-order valence-corrected chi connectivity index (χ4v) is 2.52. The fourth-order valence-electron chi connectivity index (χ4n) is 1.70. The minimum absolute atomic E-state index is 0.194. The second kappa shape index (κ2) is 5.86. The van der Waals surface area contributed by atoms with Gasteiger partial charge in [0.05, 0.1) is 0 Å². The summed E-state index contributed by atoms with van der Waals surface area (Å²) in [6.45, 7) is 4.16. The van der Waals surface area contributed by atoms with Gasteiger partial charge in [0.2, 0.25) is 0 Å². The highest BCUT2D eigenvalue weighted by Gasteiger charge is 2.09. The van der Waals surface area contributed by atoms with Crippen LogP contribution in [0.4, 0.5) is 4.39 Å². The van der Waals surface area contributed by atoms with Gasteiger partial charge in [-0.25, -0.2) is 4.39 Å². The number of halogens is 3. The summed E-state index contributed by atoms with van der Waals surface area (Å²) >= 11 is 9.30. The van der Waals surface area contributed by atoms with Crippen LogP contribution in [-0.2, 0) is 6.42 Å². The van der Waals surface area contributed by atoms with E-state index in [0.29, 0.717) is 5.92 Å². The van der Waals surface area contributed by atoms with E-state index in [4.69, 9.17) is 11.6 Å². The maximum Gasteiger partial charge on any atom is 0.124 e. The first-order valence-corrected chi connectivity index (χ1v) is 6.30. The Bertz CT molecular complexity index is 325. The molecular formula is C12H15BrClF. The van der Waals surface area contributed by atoms with E-state index in [1.54, 1.807) is 0 Å². The summed E-state index contributed by atoms with van der Waals surface area (Å²) in [5, 5.41) is 0.194. The number of rotatable bonds is 4. The summed E-state index contributed by atoms with van der Waals surface area (Å²) in [5.41, 5.74) is 1.14. The Balaban J connectivity index is 2.64. The van der Waals surface area contributed by atoms with Gasteiger partial charge in [0, 0.05) is 9.85 Å². The van der Waals surface area contributed by atoms with Crippen molar-refractivity contribution >= 4 is 27.5 Å². The zero-order chi connectivity index (χ0) is 11.4. The first-order valence-electron chi connectivity index (χ1n) is 5.07. The third-order valence-corrected chi connectivity index (χ3v) is 3.23. The van der Waals surface area contributed by atoms with Gasteiger partial charge in [0.15, 0.2) is 0 Å². The van der Waals surface area contributed by atoms with Crippen LogP contribution < -0.4 is 0 Å². The monoisotopic (exact) mass is 292 g/mol. The van der Waals surface area contributed by atoms with E-state index in [9.17, 15) is 4.39 Å². The number of alkyl halides is 1. The topological polar surface area (TPSA) is 0 Å². The van der Waals surface area contributed by atoms with Gasteiger partial charge < -0.3 is 0 Å². The van der Waals surface area contributed by atoms with Gasteiger partial charge in [-0.3, -0.25) is 0 Å². The molecule has 15 heavy (non-hydrogen) atoms. The Morgan fingerprint density at radius 1 is 1.40 bits per heavy atom. The smallest absolute Gasteiger partial charge is 0.124 e. The maximum absolute atomic E-state index is 12.8. The largest absolute Gasteiger partial charge is 0.207 e. The Morgan fingerprint density at radius 2 is 2.07 bits per heavy atom. The summed E-state index contributed by atoms with van der Waals surface area (Å²) in [5.74, 6) is 0.309. The minimum atomic E-state index is -0.205. The van der Waals surface area contributed by atoms with Crippen molar-refractivity contribution in [3.05, 3.63) is 34.1 Å². The molecule has 0 bridgehead atoms. The Hall–Kier alpha value is -0.0800. The maximum atomic E-state index is 12.8. The highest BCUT2D eigenvalue weighted by atomic mass is 79.9. The molecule has 0 heterocycles. The number of hydrogen-bond donors (Lipinski definition) is 0. The predicted molar refractivity (Wildman–Crippen MR) is 66.9 cm³/mol. The minimum Gasteiger partial charge on any atom is -0.207 e. The standard InChI is InChI=1S/C12H15BrClF/c1-8(5-9(2)14)6-10-3-4-11(15)7-12(10)13/h3-4,7-9H,5-6H2,1-2H3. The van der Waals surface area contributed by atoms with Crippen molar-refractivity contribution in [3.63, 3.8) is 0 Å². The van der Waals surface area contributed by atoms with Crippen molar-refractivity contribution in [1.82, 2.24) is 0 Å². The molecule has 0 spiro atoms.